The van der Waals surface area contributed by atoms with E-state index >= 15 is 0 Å². The van der Waals surface area contributed by atoms with E-state index in [9.17, 15) is 19.2 Å². The number of ether oxygens (including phenoxy) is 2. The Kier molecular flexibility index (Phi) is 9.90. The number of rotatable bonds is 11. The number of piperidine rings is 1. The maximum atomic E-state index is 14.5. The van der Waals surface area contributed by atoms with Crippen molar-refractivity contribution in [3.8, 4) is 0 Å². The van der Waals surface area contributed by atoms with E-state index in [1.165, 1.54) is 18.9 Å². The average molecular weight is 606 g/mol. The topological polar surface area (TPSA) is 138 Å². The van der Waals surface area contributed by atoms with Crippen LogP contribution in [-0.4, -0.2) is 77.8 Å². The first kappa shape index (κ1) is 32.8. The Labute approximate surface area is 258 Å². The van der Waals surface area contributed by atoms with Crippen LogP contribution in [0.1, 0.15) is 52.2 Å². The highest BCUT2D eigenvalue weighted by Crippen LogP contribution is 2.40. The Bertz CT molecular complexity index is 1390. The van der Waals surface area contributed by atoms with Crippen molar-refractivity contribution in [3.63, 3.8) is 0 Å². The molecule has 1 saturated heterocycles. The fourth-order valence-electron chi connectivity index (χ4n) is 5.56. The average Bonchev–Trinajstić information content (AvgIpc) is 3.20. The molecule has 11 nitrogen and oxygen atoms in total. The molecule has 0 spiro atoms. The van der Waals surface area contributed by atoms with Crippen LogP contribution in [0.4, 0.5) is 4.79 Å². The second-order valence-electron chi connectivity index (χ2n) is 12.8. The van der Waals surface area contributed by atoms with E-state index in [2.05, 4.69) is 21.1 Å². The summed E-state index contributed by atoms with van der Waals surface area (Å²) in [6.07, 6.45) is -0.00515. The number of carbonyl (C=O) groups excluding carboxylic acids is 4. The highest BCUT2D eigenvalue weighted by molar-refractivity contribution is 6.17. The van der Waals surface area contributed by atoms with E-state index in [0.717, 1.165) is 11.1 Å². The summed E-state index contributed by atoms with van der Waals surface area (Å²) in [6, 6.07) is 16.8. The third kappa shape index (κ3) is 7.51. The van der Waals surface area contributed by atoms with Crippen LogP contribution in [0.5, 0.6) is 0 Å². The molecule has 236 valence electrons. The second kappa shape index (κ2) is 13.3. The third-order valence-corrected chi connectivity index (χ3v) is 7.70. The van der Waals surface area contributed by atoms with Crippen molar-refractivity contribution in [2.24, 2.45) is 10.5 Å². The smallest absolute Gasteiger partial charge is 0.408 e. The van der Waals surface area contributed by atoms with Crippen molar-refractivity contribution in [2.45, 2.75) is 77.3 Å². The van der Waals surface area contributed by atoms with Crippen LogP contribution in [0.25, 0.3) is 0 Å². The van der Waals surface area contributed by atoms with Crippen LogP contribution < -0.4 is 16.0 Å². The number of Topliss-reactive ketones (excluding diaryl/α,β-unsaturated/α-hetero) is 1. The van der Waals surface area contributed by atoms with Crippen LogP contribution in [0, 0.1) is 5.41 Å². The van der Waals surface area contributed by atoms with Crippen LogP contribution in [0.3, 0.4) is 0 Å². The normalized spacial score (nSPS) is 20.8. The Morgan fingerprint density at radius 3 is 2.25 bits per heavy atom. The van der Waals surface area contributed by atoms with Gasteiger partial charge in [-0.1, -0.05) is 60.7 Å². The molecule has 1 fully saturated rings. The number of benzene rings is 2. The standard InChI is InChI=1S/C33H43N5O6/c1-31(2,3)44-30(42)36-32(4,5)28(40)35-24(21-43-20-23-15-11-8-12-16-23)26(39)27-33(19-22-13-9-7-10-14-22)25(17-18-34-27)37-38(6)29(33)41/h7-16,24,27,34H,17-21H2,1-6H3,(H,35,40)(H,36,42)/t24-,27?,33+/m1/s1. The number of nitrogens with zero attached hydrogens (tertiary/aromatic N) is 2. The van der Waals surface area contributed by atoms with Crippen molar-refractivity contribution in [3.05, 3.63) is 71.8 Å². The van der Waals surface area contributed by atoms with Crippen molar-refractivity contribution in [2.75, 3.05) is 20.2 Å². The van der Waals surface area contributed by atoms with Gasteiger partial charge in [-0.15, -0.1) is 0 Å². The zero-order valence-electron chi connectivity index (χ0n) is 26.3. The van der Waals surface area contributed by atoms with Crippen molar-refractivity contribution < 1.29 is 28.7 Å². The fourth-order valence-corrected chi connectivity index (χ4v) is 5.56. The van der Waals surface area contributed by atoms with Crippen LogP contribution in [0.2, 0.25) is 0 Å². The van der Waals surface area contributed by atoms with Gasteiger partial charge in [0.2, 0.25) is 5.91 Å². The maximum absolute atomic E-state index is 14.5. The van der Waals surface area contributed by atoms with E-state index in [4.69, 9.17) is 9.47 Å². The molecule has 2 aliphatic rings. The first-order valence-corrected chi connectivity index (χ1v) is 14.8. The quantitative estimate of drug-likeness (QED) is 0.358. The molecule has 3 atom stereocenters. The minimum Gasteiger partial charge on any atom is -0.444 e. The lowest BCUT2D eigenvalue weighted by molar-refractivity contribution is -0.142. The molecule has 2 heterocycles. The highest BCUT2D eigenvalue weighted by atomic mass is 16.6. The molecule has 1 unspecified atom stereocenters. The Morgan fingerprint density at radius 2 is 1.64 bits per heavy atom. The van der Waals surface area contributed by atoms with Gasteiger partial charge in [-0.05, 0) is 52.2 Å². The summed E-state index contributed by atoms with van der Waals surface area (Å²) in [4.78, 5) is 54.5. The zero-order chi connectivity index (χ0) is 32.1. The molecule has 0 saturated carbocycles. The molecule has 44 heavy (non-hydrogen) atoms. The molecular formula is C33H43N5O6. The Hall–Kier alpha value is -4.09. The molecule has 0 aromatic heterocycles. The summed E-state index contributed by atoms with van der Waals surface area (Å²) in [6.45, 7) is 8.70. The minimum atomic E-state index is -1.43. The lowest BCUT2D eigenvalue weighted by Gasteiger charge is -2.41. The summed E-state index contributed by atoms with van der Waals surface area (Å²) >= 11 is 0. The van der Waals surface area contributed by atoms with Crippen LogP contribution in [0.15, 0.2) is 65.8 Å². The largest absolute Gasteiger partial charge is 0.444 e. The molecule has 2 aromatic carbocycles. The molecular weight excluding hydrogens is 562 g/mol. The summed E-state index contributed by atoms with van der Waals surface area (Å²) < 4.78 is 11.3. The monoisotopic (exact) mass is 605 g/mol. The Morgan fingerprint density at radius 1 is 1.02 bits per heavy atom. The van der Waals surface area contributed by atoms with Gasteiger partial charge >= 0.3 is 6.09 Å². The Balaban J connectivity index is 1.62. The van der Waals surface area contributed by atoms with Gasteiger partial charge in [0.1, 0.15) is 22.6 Å². The van der Waals surface area contributed by atoms with E-state index in [-0.39, 0.29) is 25.5 Å². The van der Waals surface area contributed by atoms with Crippen molar-refractivity contribution >= 4 is 29.4 Å². The number of amides is 3. The minimum absolute atomic E-state index is 0.155. The van der Waals surface area contributed by atoms with Crippen molar-refractivity contribution in [1.82, 2.24) is 21.0 Å². The first-order valence-electron chi connectivity index (χ1n) is 14.8. The molecule has 4 rings (SSSR count). The van der Waals surface area contributed by atoms with Gasteiger partial charge < -0.3 is 25.4 Å². The lowest BCUT2D eigenvalue weighted by atomic mass is 9.66. The molecule has 3 N–H and O–H groups in total. The number of alkyl carbamates (subject to hydrolysis) is 1. The van der Waals surface area contributed by atoms with Gasteiger partial charge in [0.25, 0.3) is 5.91 Å². The third-order valence-electron chi connectivity index (χ3n) is 7.70. The number of fused-ring (bicyclic) bond motifs is 1. The number of hydrogen-bond donors (Lipinski definition) is 3. The van der Waals surface area contributed by atoms with E-state index in [0.29, 0.717) is 18.7 Å². The SMILES string of the molecule is CN1N=C2CCNC(C(=O)[C@@H](COCc3ccccc3)NC(=O)C(C)(C)NC(=O)OC(C)(C)C)[C@@]2(Cc2ccccc2)C1=O. The van der Waals surface area contributed by atoms with E-state index in [1.807, 2.05) is 60.7 Å². The predicted octanol–water partition coefficient (Wildman–Crippen LogP) is 2.98. The van der Waals surface area contributed by atoms with Crippen molar-refractivity contribution in [1.29, 1.82) is 0 Å². The summed E-state index contributed by atoms with van der Waals surface area (Å²) in [7, 11) is 1.59. The molecule has 11 heteroatoms. The van der Waals surface area contributed by atoms with Crippen LogP contribution in [-0.2, 0) is 36.9 Å². The van der Waals surface area contributed by atoms with E-state index < -0.39 is 46.4 Å². The first-order chi connectivity index (χ1) is 20.7. The molecule has 0 aliphatic carbocycles. The molecule has 2 aliphatic heterocycles. The van der Waals surface area contributed by atoms with E-state index in [1.54, 1.807) is 27.8 Å². The van der Waals surface area contributed by atoms with Gasteiger partial charge in [-0.2, -0.15) is 5.10 Å². The van der Waals surface area contributed by atoms with Gasteiger partial charge in [0.15, 0.2) is 5.78 Å². The summed E-state index contributed by atoms with van der Waals surface area (Å²) in [5.74, 6) is -1.31. The predicted molar refractivity (Wildman–Crippen MR) is 166 cm³/mol. The molecule has 0 radical (unpaired) electrons. The number of hydrazone groups is 1. The maximum Gasteiger partial charge on any atom is 0.408 e. The summed E-state index contributed by atoms with van der Waals surface area (Å²) in [5.41, 5.74) is -1.05. The molecule has 3 amide bonds. The van der Waals surface area contributed by atoms with Gasteiger partial charge in [0, 0.05) is 20.0 Å². The number of ketones is 1. The van der Waals surface area contributed by atoms with Gasteiger partial charge in [-0.3, -0.25) is 14.4 Å². The lowest BCUT2D eigenvalue weighted by Crippen LogP contribution is -2.67. The summed E-state index contributed by atoms with van der Waals surface area (Å²) in [5, 5.41) is 14.5. The highest BCUT2D eigenvalue weighted by Gasteiger charge is 2.59. The van der Waals surface area contributed by atoms with Crippen LogP contribution >= 0.6 is 0 Å². The number of hydrogen-bond acceptors (Lipinski definition) is 8. The number of carbonyl (C=O) groups is 4. The molecule has 2 aromatic rings. The molecule has 0 bridgehead atoms. The fraction of sp³-hybridized carbons (Fsp3) is 0.485. The van der Waals surface area contributed by atoms with Gasteiger partial charge in [-0.25, -0.2) is 9.80 Å². The second-order valence-corrected chi connectivity index (χ2v) is 12.8. The zero-order valence-corrected chi connectivity index (χ0v) is 26.3. The number of nitrogens with one attached hydrogen (secondary N) is 3. The van der Waals surface area contributed by atoms with Gasteiger partial charge in [0.05, 0.1) is 25.0 Å².